The third-order valence-electron chi connectivity index (χ3n) is 3.30. The average molecular weight is 297 g/mol. The molecule has 1 N–H and O–H groups in total. The van der Waals surface area contributed by atoms with Crippen molar-refractivity contribution in [3.8, 4) is 0 Å². The lowest BCUT2D eigenvalue weighted by Gasteiger charge is -2.06. The van der Waals surface area contributed by atoms with Gasteiger partial charge in [0.25, 0.3) is 0 Å². The highest BCUT2D eigenvalue weighted by Crippen LogP contribution is 2.07. The zero-order valence-electron chi connectivity index (χ0n) is 12.5. The normalized spacial score (nSPS) is 11.7. The third-order valence-corrected chi connectivity index (χ3v) is 4.66. The van der Waals surface area contributed by atoms with Gasteiger partial charge in [-0.3, -0.25) is 0 Å². The molecule has 1 aromatic rings. The molecule has 114 valence electrons. The summed E-state index contributed by atoms with van der Waals surface area (Å²) in [6, 6.07) is 9.30. The molecule has 0 saturated heterocycles. The maximum absolute atomic E-state index is 11.9. The second-order valence-corrected chi connectivity index (χ2v) is 7.07. The van der Waals surface area contributed by atoms with Gasteiger partial charge in [0.05, 0.1) is 5.75 Å². The minimum absolute atomic E-state index is 0.0737. The number of rotatable bonds is 11. The molecule has 20 heavy (non-hydrogen) atoms. The van der Waals surface area contributed by atoms with Crippen LogP contribution in [0.2, 0.25) is 0 Å². The summed E-state index contributed by atoms with van der Waals surface area (Å²) in [5.41, 5.74) is 0.833. The van der Waals surface area contributed by atoms with Crippen LogP contribution < -0.4 is 4.72 Å². The average Bonchev–Trinajstić information content (AvgIpc) is 2.42. The Morgan fingerprint density at radius 2 is 1.50 bits per heavy atom. The van der Waals surface area contributed by atoms with Crippen molar-refractivity contribution < 1.29 is 8.42 Å². The third kappa shape index (κ3) is 8.33. The SMILES string of the molecule is CCCCCCCCCNS(=O)(=O)Cc1ccccc1. The molecular weight excluding hydrogens is 270 g/mol. The van der Waals surface area contributed by atoms with Crippen LogP contribution in [0.25, 0.3) is 0 Å². The predicted octanol–water partition coefficient (Wildman–Crippen LogP) is 3.86. The van der Waals surface area contributed by atoms with E-state index in [2.05, 4.69) is 11.6 Å². The Bertz CT molecular complexity index is 443. The van der Waals surface area contributed by atoms with Crippen LogP contribution in [-0.2, 0) is 15.8 Å². The number of unbranched alkanes of at least 4 members (excludes halogenated alkanes) is 6. The first-order valence-corrected chi connectivity index (χ1v) is 9.30. The maximum atomic E-state index is 11.9. The molecule has 4 heteroatoms. The molecule has 0 atom stereocenters. The lowest BCUT2D eigenvalue weighted by molar-refractivity contribution is 0.563. The van der Waals surface area contributed by atoms with Crippen LogP contribution in [-0.4, -0.2) is 15.0 Å². The first-order chi connectivity index (χ1) is 9.64. The summed E-state index contributed by atoms with van der Waals surface area (Å²) >= 11 is 0. The minimum Gasteiger partial charge on any atom is -0.215 e. The Balaban J connectivity index is 2.11. The number of benzene rings is 1. The molecule has 0 aromatic heterocycles. The summed E-state index contributed by atoms with van der Waals surface area (Å²) in [6.45, 7) is 2.77. The van der Waals surface area contributed by atoms with Crippen LogP contribution in [0.3, 0.4) is 0 Å². The fourth-order valence-corrected chi connectivity index (χ4v) is 3.34. The number of nitrogens with one attached hydrogen (secondary N) is 1. The fourth-order valence-electron chi connectivity index (χ4n) is 2.15. The van der Waals surface area contributed by atoms with Crippen LogP contribution in [0, 0.1) is 0 Å². The molecule has 0 radical (unpaired) electrons. The van der Waals surface area contributed by atoms with Gasteiger partial charge < -0.3 is 0 Å². The van der Waals surface area contributed by atoms with E-state index in [9.17, 15) is 8.42 Å². The van der Waals surface area contributed by atoms with Gasteiger partial charge >= 0.3 is 0 Å². The Hall–Kier alpha value is -0.870. The van der Waals surface area contributed by atoms with Crippen molar-refractivity contribution in [1.29, 1.82) is 0 Å². The second kappa shape index (κ2) is 9.94. The lowest BCUT2D eigenvalue weighted by Crippen LogP contribution is -2.26. The van der Waals surface area contributed by atoms with Gasteiger partial charge in [-0.15, -0.1) is 0 Å². The van der Waals surface area contributed by atoms with Crippen molar-refractivity contribution in [3.05, 3.63) is 35.9 Å². The molecular formula is C16H27NO2S. The van der Waals surface area contributed by atoms with Crippen molar-refractivity contribution in [2.24, 2.45) is 0 Å². The van der Waals surface area contributed by atoms with Gasteiger partial charge in [0.15, 0.2) is 0 Å². The maximum Gasteiger partial charge on any atom is 0.215 e. The zero-order chi connectivity index (χ0) is 14.7. The van der Waals surface area contributed by atoms with E-state index in [1.807, 2.05) is 30.3 Å². The summed E-state index contributed by atoms with van der Waals surface area (Å²) in [4.78, 5) is 0. The summed E-state index contributed by atoms with van der Waals surface area (Å²) < 4.78 is 26.4. The Labute approximate surface area is 123 Å². The van der Waals surface area contributed by atoms with Gasteiger partial charge in [0, 0.05) is 6.54 Å². The van der Waals surface area contributed by atoms with E-state index in [0.29, 0.717) is 6.54 Å². The van der Waals surface area contributed by atoms with E-state index in [1.54, 1.807) is 0 Å². The number of hydrogen-bond acceptors (Lipinski definition) is 2. The van der Waals surface area contributed by atoms with Crippen LogP contribution in [0.15, 0.2) is 30.3 Å². The molecule has 1 aromatic carbocycles. The Morgan fingerprint density at radius 3 is 2.15 bits per heavy atom. The van der Waals surface area contributed by atoms with E-state index in [1.165, 1.54) is 32.1 Å². The molecule has 0 aliphatic rings. The number of hydrogen-bond donors (Lipinski definition) is 1. The Morgan fingerprint density at radius 1 is 0.900 bits per heavy atom. The molecule has 0 aliphatic carbocycles. The standard InChI is InChI=1S/C16H27NO2S/c1-2-3-4-5-6-7-11-14-17-20(18,19)15-16-12-9-8-10-13-16/h8-10,12-13,17H,2-7,11,14-15H2,1H3. The first kappa shape index (κ1) is 17.2. The van der Waals surface area contributed by atoms with E-state index < -0.39 is 10.0 Å². The van der Waals surface area contributed by atoms with E-state index in [-0.39, 0.29) is 5.75 Å². The van der Waals surface area contributed by atoms with Gasteiger partial charge in [-0.2, -0.15) is 0 Å². The molecule has 0 bridgehead atoms. The first-order valence-electron chi connectivity index (χ1n) is 7.65. The summed E-state index contributed by atoms with van der Waals surface area (Å²) in [6.07, 6.45) is 8.39. The van der Waals surface area contributed by atoms with Crippen molar-refractivity contribution in [2.45, 2.75) is 57.6 Å². The van der Waals surface area contributed by atoms with E-state index in [0.717, 1.165) is 18.4 Å². The highest BCUT2D eigenvalue weighted by Gasteiger charge is 2.09. The zero-order valence-corrected chi connectivity index (χ0v) is 13.3. The topological polar surface area (TPSA) is 46.2 Å². The summed E-state index contributed by atoms with van der Waals surface area (Å²) in [5.74, 6) is 0.0737. The molecule has 0 amide bonds. The highest BCUT2D eigenvalue weighted by atomic mass is 32.2. The van der Waals surface area contributed by atoms with Gasteiger partial charge in [0.2, 0.25) is 10.0 Å². The Kier molecular flexibility index (Phi) is 8.54. The van der Waals surface area contributed by atoms with Crippen molar-refractivity contribution in [2.75, 3.05) is 6.54 Å². The molecule has 1 rings (SSSR count). The largest absolute Gasteiger partial charge is 0.215 e. The molecule has 0 heterocycles. The summed E-state index contributed by atoms with van der Waals surface area (Å²) in [7, 11) is -3.19. The van der Waals surface area contributed by atoms with Gasteiger partial charge in [0.1, 0.15) is 0 Å². The highest BCUT2D eigenvalue weighted by molar-refractivity contribution is 7.88. The molecule has 0 saturated carbocycles. The van der Waals surface area contributed by atoms with Gasteiger partial charge in [-0.1, -0.05) is 75.8 Å². The van der Waals surface area contributed by atoms with Crippen LogP contribution >= 0.6 is 0 Å². The van der Waals surface area contributed by atoms with E-state index >= 15 is 0 Å². The van der Waals surface area contributed by atoms with Crippen LogP contribution in [0.1, 0.15) is 57.4 Å². The summed E-state index contributed by atoms with van der Waals surface area (Å²) in [5, 5.41) is 0. The molecule has 0 unspecified atom stereocenters. The number of sulfonamides is 1. The molecule has 0 aliphatic heterocycles. The second-order valence-electron chi connectivity index (χ2n) is 5.26. The predicted molar refractivity (Wildman–Crippen MR) is 85.1 cm³/mol. The van der Waals surface area contributed by atoms with E-state index in [4.69, 9.17) is 0 Å². The smallest absolute Gasteiger partial charge is 0.215 e. The minimum atomic E-state index is -3.19. The van der Waals surface area contributed by atoms with Crippen LogP contribution in [0.5, 0.6) is 0 Å². The molecule has 0 spiro atoms. The quantitative estimate of drug-likeness (QED) is 0.630. The molecule has 3 nitrogen and oxygen atoms in total. The molecule has 0 fully saturated rings. The van der Waals surface area contributed by atoms with Crippen molar-refractivity contribution >= 4 is 10.0 Å². The van der Waals surface area contributed by atoms with Gasteiger partial charge in [-0.25, -0.2) is 13.1 Å². The van der Waals surface area contributed by atoms with Crippen molar-refractivity contribution in [3.63, 3.8) is 0 Å². The fraction of sp³-hybridized carbons (Fsp3) is 0.625. The van der Waals surface area contributed by atoms with Crippen molar-refractivity contribution in [1.82, 2.24) is 4.72 Å². The van der Waals surface area contributed by atoms with Crippen LogP contribution in [0.4, 0.5) is 0 Å². The monoisotopic (exact) mass is 297 g/mol. The van der Waals surface area contributed by atoms with Gasteiger partial charge in [-0.05, 0) is 12.0 Å². The lowest BCUT2D eigenvalue weighted by atomic mass is 10.1.